The molecule has 0 fully saturated rings. The number of pyridine rings is 1. The molecule has 2 N–H and O–H groups in total. The molecule has 0 bridgehead atoms. The molecular weight excluding hydrogens is 230 g/mol. The Bertz CT molecular complexity index is 719. The van der Waals surface area contributed by atoms with Gasteiger partial charge in [0.25, 0.3) is 0 Å². The summed E-state index contributed by atoms with van der Waals surface area (Å²) in [6.45, 7) is 0. The molecule has 0 aliphatic rings. The van der Waals surface area contributed by atoms with Gasteiger partial charge in [-0.2, -0.15) is 5.10 Å². The van der Waals surface area contributed by atoms with Gasteiger partial charge in [-0.05, 0) is 24.3 Å². The average molecular weight is 239 g/mol. The van der Waals surface area contributed by atoms with Crippen LogP contribution in [0.4, 0.5) is 0 Å². The molecule has 3 aromatic rings. The van der Waals surface area contributed by atoms with E-state index < -0.39 is 5.97 Å². The van der Waals surface area contributed by atoms with Crippen molar-refractivity contribution < 1.29 is 9.90 Å². The predicted octanol–water partition coefficient (Wildman–Crippen LogP) is 2.32. The summed E-state index contributed by atoms with van der Waals surface area (Å²) >= 11 is 0. The fourth-order valence-electron chi connectivity index (χ4n) is 1.97. The number of nitrogens with one attached hydrogen (secondary N) is 1. The third kappa shape index (κ3) is 1.53. The molecule has 5 nitrogen and oxygen atoms in total. The van der Waals surface area contributed by atoms with E-state index in [9.17, 15) is 9.90 Å². The Balaban J connectivity index is 2.35. The van der Waals surface area contributed by atoms with Crippen LogP contribution in [-0.4, -0.2) is 26.3 Å². The molecule has 0 spiro atoms. The third-order valence-electron chi connectivity index (χ3n) is 2.77. The number of hydrogen-bond acceptors (Lipinski definition) is 3. The second-order valence-electron chi connectivity index (χ2n) is 3.84. The molecule has 0 aliphatic carbocycles. The van der Waals surface area contributed by atoms with Crippen LogP contribution >= 0.6 is 0 Å². The van der Waals surface area contributed by atoms with E-state index in [1.54, 1.807) is 42.7 Å². The molecule has 2 heterocycles. The van der Waals surface area contributed by atoms with Crippen LogP contribution in [0.5, 0.6) is 0 Å². The van der Waals surface area contributed by atoms with Gasteiger partial charge < -0.3 is 5.11 Å². The molecule has 0 saturated carbocycles. The minimum Gasteiger partial charge on any atom is -0.478 e. The van der Waals surface area contributed by atoms with Gasteiger partial charge >= 0.3 is 5.97 Å². The number of aromatic nitrogens is 3. The highest BCUT2D eigenvalue weighted by Gasteiger charge is 2.15. The summed E-state index contributed by atoms with van der Waals surface area (Å²) < 4.78 is 0. The topological polar surface area (TPSA) is 78.9 Å². The minimum absolute atomic E-state index is 0.244. The van der Waals surface area contributed by atoms with Crippen molar-refractivity contribution >= 4 is 16.9 Å². The molecule has 0 saturated heterocycles. The van der Waals surface area contributed by atoms with Gasteiger partial charge in [0.05, 0.1) is 11.1 Å². The van der Waals surface area contributed by atoms with E-state index in [2.05, 4.69) is 15.2 Å². The molecule has 18 heavy (non-hydrogen) atoms. The van der Waals surface area contributed by atoms with Gasteiger partial charge in [-0.1, -0.05) is 6.07 Å². The van der Waals surface area contributed by atoms with E-state index in [-0.39, 0.29) is 5.56 Å². The molecule has 88 valence electrons. The zero-order valence-corrected chi connectivity index (χ0v) is 9.29. The number of H-pyrrole nitrogens is 1. The Morgan fingerprint density at radius 1 is 1.17 bits per heavy atom. The van der Waals surface area contributed by atoms with Gasteiger partial charge in [-0.15, -0.1) is 0 Å². The Morgan fingerprint density at radius 2 is 1.94 bits per heavy atom. The van der Waals surface area contributed by atoms with Crippen LogP contribution in [-0.2, 0) is 0 Å². The van der Waals surface area contributed by atoms with Crippen molar-refractivity contribution in [1.29, 1.82) is 0 Å². The molecular formula is C13H9N3O2. The zero-order valence-electron chi connectivity index (χ0n) is 9.29. The number of fused-ring (bicyclic) bond motifs is 1. The maximum atomic E-state index is 11.2. The third-order valence-corrected chi connectivity index (χ3v) is 2.77. The number of carboxylic acids is 1. The van der Waals surface area contributed by atoms with Gasteiger partial charge in [0, 0.05) is 23.3 Å². The predicted molar refractivity (Wildman–Crippen MR) is 66.3 cm³/mol. The molecule has 0 unspecified atom stereocenters. The van der Waals surface area contributed by atoms with Crippen molar-refractivity contribution in [2.45, 2.75) is 0 Å². The molecule has 3 rings (SSSR count). The van der Waals surface area contributed by atoms with Crippen LogP contribution in [0, 0.1) is 0 Å². The second-order valence-corrected chi connectivity index (χ2v) is 3.84. The molecule has 5 heteroatoms. The SMILES string of the molecule is O=C(O)c1cccc2[nH]nc(-c3ccncc3)c12. The van der Waals surface area contributed by atoms with Crippen molar-refractivity contribution in [3.8, 4) is 11.3 Å². The molecule has 2 aromatic heterocycles. The van der Waals surface area contributed by atoms with Crippen LogP contribution in [0.1, 0.15) is 10.4 Å². The van der Waals surface area contributed by atoms with Crippen LogP contribution in [0.2, 0.25) is 0 Å². The summed E-state index contributed by atoms with van der Waals surface area (Å²) in [4.78, 5) is 15.2. The number of nitrogens with zero attached hydrogens (tertiary/aromatic N) is 2. The Morgan fingerprint density at radius 3 is 2.67 bits per heavy atom. The Hall–Kier alpha value is -2.69. The monoisotopic (exact) mass is 239 g/mol. The summed E-state index contributed by atoms with van der Waals surface area (Å²) in [5.41, 5.74) is 2.42. The van der Waals surface area contributed by atoms with Crippen LogP contribution in [0.3, 0.4) is 0 Å². The van der Waals surface area contributed by atoms with Crippen molar-refractivity contribution in [2.75, 3.05) is 0 Å². The number of benzene rings is 1. The summed E-state index contributed by atoms with van der Waals surface area (Å²) in [6, 6.07) is 8.67. The molecule has 0 radical (unpaired) electrons. The highest BCUT2D eigenvalue weighted by Crippen LogP contribution is 2.28. The highest BCUT2D eigenvalue weighted by atomic mass is 16.4. The maximum absolute atomic E-state index is 11.2. The molecule has 1 aromatic carbocycles. The largest absolute Gasteiger partial charge is 0.478 e. The van der Waals surface area contributed by atoms with E-state index in [1.807, 2.05) is 0 Å². The first kappa shape index (κ1) is 10.5. The number of aromatic amines is 1. The number of rotatable bonds is 2. The number of hydrogen-bond donors (Lipinski definition) is 2. The highest BCUT2D eigenvalue weighted by molar-refractivity contribution is 6.08. The fourth-order valence-corrected chi connectivity index (χ4v) is 1.97. The van der Waals surface area contributed by atoms with Crippen LogP contribution < -0.4 is 0 Å². The fraction of sp³-hybridized carbons (Fsp3) is 0. The molecule has 0 amide bonds. The van der Waals surface area contributed by atoms with Crippen molar-refractivity contribution in [3.05, 3.63) is 48.3 Å². The molecule has 0 aliphatic heterocycles. The lowest BCUT2D eigenvalue weighted by molar-refractivity contribution is 0.0699. The van der Waals surface area contributed by atoms with Crippen LogP contribution in [0.25, 0.3) is 22.2 Å². The number of aromatic carboxylic acids is 1. The summed E-state index contributed by atoms with van der Waals surface area (Å²) in [6.07, 6.45) is 3.30. The van der Waals surface area contributed by atoms with Crippen molar-refractivity contribution in [3.63, 3.8) is 0 Å². The summed E-state index contributed by atoms with van der Waals surface area (Å²) in [5.74, 6) is -0.961. The smallest absolute Gasteiger partial charge is 0.336 e. The van der Waals surface area contributed by atoms with Gasteiger partial charge in [0.1, 0.15) is 5.69 Å². The number of carbonyl (C=O) groups is 1. The van der Waals surface area contributed by atoms with Crippen molar-refractivity contribution in [1.82, 2.24) is 15.2 Å². The van der Waals surface area contributed by atoms with Gasteiger partial charge in [0.2, 0.25) is 0 Å². The second kappa shape index (κ2) is 3.96. The van der Waals surface area contributed by atoms with Gasteiger partial charge in [-0.25, -0.2) is 4.79 Å². The lowest BCUT2D eigenvalue weighted by Gasteiger charge is -2.00. The van der Waals surface area contributed by atoms with E-state index >= 15 is 0 Å². The summed E-state index contributed by atoms with van der Waals surface area (Å²) in [7, 11) is 0. The van der Waals surface area contributed by atoms with Gasteiger partial charge in [-0.3, -0.25) is 10.1 Å². The lowest BCUT2D eigenvalue weighted by atomic mass is 10.0. The average Bonchev–Trinajstić information content (AvgIpc) is 2.83. The first-order valence-electron chi connectivity index (χ1n) is 5.38. The van der Waals surface area contributed by atoms with E-state index in [4.69, 9.17) is 0 Å². The Kier molecular flexibility index (Phi) is 2.30. The van der Waals surface area contributed by atoms with Crippen LogP contribution in [0.15, 0.2) is 42.7 Å². The van der Waals surface area contributed by atoms with E-state index in [0.29, 0.717) is 16.6 Å². The normalized spacial score (nSPS) is 10.7. The number of carboxylic acid groups (broad SMARTS) is 1. The van der Waals surface area contributed by atoms with E-state index in [0.717, 1.165) is 5.56 Å². The van der Waals surface area contributed by atoms with E-state index in [1.165, 1.54) is 0 Å². The quantitative estimate of drug-likeness (QED) is 0.719. The maximum Gasteiger partial charge on any atom is 0.336 e. The van der Waals surface area contributed by atoms with Crippen molar-refractivity contribution in [2.24, 2.45) is 0 Å². The lowest BCUT2D eigenvalue weighted by Crippen LogP contribution is -1.97. The molecule has 0 atom stereocenters. The first-order chi connectivity index (χ1) is 8.77. The summed E-state index contributed by atoms with van der Waals surface area (Å²) in [5, 5.41) is 16.9. The Labute approximate surface area is 102 Å². The first-order valence-corrected chi connectivity index (χ1v) is 5.38. The van der Waals surface area contributed by atoms with Gasteiger partial charge in [0.15, 0.2) is 0 Å². The standard InChI is InChI=1S/C13H9N3O2/c17-13(18)9-2-1-3-10-11(9)12(16-15-10)8-4-6-14-7-5-8/h1-7H,(H,15,16)(H,17,18). The minimum atomic E-state index is -0.961. The zero-order chi connectivity index (χ0) is 12.5.